The maximum atomic E-state index is 11.4. The lowest BCUT2D eigenvalue weighted by molar-refractivity contribution is 0.101. The summed E-state index contributed by atoms with van der Waals surface area (Å²) < 4.78 is 0. The van der Waals surface area contributed by atoms with Gasteiger partial charge in [-0.15, -0.1) is 0 Å². The summed E-state index contributed by atoms with van der Waals surface area (Å²) in [6.07, 6.45) is 6.39. The molecule has 0 amide bonds. The maximum Gasteiger partial charge on any atom is 0.161 e. The maximum absolute atomic E-state index is 11.4. The van der Waals surface area contributed by atoms with Crippen LogP contribution in [0.25, 0.3) is 0 Å². The van der Waals surface area contributed by atoms with Crippen molar-refractivity contribution in [2.75, 3.05) is 11.1 Å². The first-order valence-electron chi connectivity index (χ1n) is 6.34. The molecule has 0 spiro atoms. The Morgan fingerprint density at radius 2 is 2.00 bits per heavy atom. The second-order valence-electron chi connectivity index (χ2n) is 4.84. The lowest BCUT2D eigenvalue weighted by Gasteiger charge is -2.24. The SMILES string of the molecule is CC(=O)c1cc(NC2CCCCC2)ccc1N. The molecule has 92 valence electrons. The number of nitrogens with one attached hydrogen (secondary N) is 1. The second kappa shape index (κ2) is 5.21. The molecule has 0 saturated heterocycles. The second-order valence-corrected chi connectivity index (χ2v) is 4.84. The Labute approximate surface area is 102 Å². The van der Waals surface area contributed by atoms with E-state index in [1.165, 1.54) is 32.1 Å². The Morgan fingerprint density at radius 3 is 2.65 bits per heavy atom. The number of carbonyl (C=O) groups excluding carboxylic acids is 1. The minimum atomic E-state index is 0.0230. The fourth-order valence-electron chi connectivity index (χ4n) is 2.43. The monoisotopic (exact) mass is 232 g/mol. The van der Waals surface area contributed by atoms with E-state index >= 15 is 0 Å². The molecular weight excluding hydrogens is 212 g/mol. The molecule has 2 rings (SSSR count). The highest BCUT2D eigenvalue weighted by Crippen LogP contribution is 2.24. The van der Waals surface area contributed by atoms with Gasteiger partial charge in [-0.25, -0.2) is 0 Å². The fourth-order valence-corrected chi connectivity index (χ4v) is 2.43. The number of nitrogens with two attached hydrogens (primary N) is 1. The first-order chi connectivity index (χ1) is 8.16. The van der Waals surface area contributed by atoms with E-state index in [0.717, 1.165) is 5.69 Å². The minimum absolute atomic E-state index is 0.0230. The van der Waals surface area contributed by atoms with E-state index in [1.807, 2.05) is 18.2 Å². The van der Waals surface area contributed by atoms with Gasteiger partial charge in [-0.05, 0) is 38.0 Å². The van der Waals surface area contributed by atoms with Crippen molar-refractivity contribution in [2.24, 2.45) is 0 Å². The first kappa shape index (κ1) is 12.0. The average molecular weight is 232 g/mol. The van der Waals surface area contributed by atoms with Crippen LogP contribution in [0, 0.1) is 0 Å². The van der Waals surface area contributed by atoms with E-state index in [9.17, 15) is 4.79 Å². The number of ketones is 1. The van der Waals surface area contributed by atoms with Gasteiger partial charge in [0.05, 0.1) is 0 Å². The van der Waals surface area contributed by atoms with Crippen molar-refractivity contribution in [3.8, 4) is 0 Å². The highest BCUT2D eigenvalue weighted by atomic mass is 16.1. The summed E-state index contributed by atoms with van der Waals surface area (Å²) in [5.41, 5.74) is 7.96. The number of rotatable bonds is 3. The van der Waals surface area contributed by atoms with Crippen molar-refractivity contribution >= 4 is 17.2 Å². The lowest BCUT2D eigenvalue weighted by atomic mass is 9.95. The van der Waals surface area contributed by atoms with Gasteiger partial charge in [0.2, 0.25) is 0 Å². The quantitative estimate of drug-likeness (QED) is 0.621. The summed E-state index contributed by atoms with van der Waals surface area (Å²) in [7, 11) is 0. The zero-order chi connectivity index (χ0) is 12.3. The van der Waals surface area contributed by atoms with Crippen LogP contribution in [0.2, 0.25) is 0 Å². The van der Waals surface area contributed by atoms with E-state index in [-0.39, 0.29) is 5.78 Å². The van der Waals surface area contributed by atoms with Gasteiger partial charge >= 0.3 is 0 Å². The Hall–Kier alpha value is -1.51. The molecule has 1 fully saturated rings. The van der Waals surface area contributed by atoms with Crippen molar-refractivity contribution in [3.05, 3.63) is 23.8 Å². The van der Waals surface area contributed by atoms with E-state index in [0.29, 0.717) is 17.3 Å². The number of nitrogen functional groups attached to an aromatic ring is 1. The Balaban J connectivity index is 2.10. The standard InChI is InChI=1S/C14H20N2O/c1-10(17)13-9-12(7-8-14(13)15)16-11-5-3-2-4-6-11/h7-9,11,16H,2-6,15H2,1H3. The zero-order valence-electron chi connectivity index (χ0n) is 10.3. The molecule has 0 aromatic heterocycles. The van der Waals surface area contributed by atoms with Gasteiger partial charge in [-0.3, -0.25) is 4.79 Å². The van der Waals surface area contributed by atoms with Crippen molar-refractivity contribution in [3.63, 3.8) is 0 Å². The molecular formula is C14H20N2O. The fraction of sp³-hybridized carbons (Fsp3) is 0.500. The molecule has 1 aliphatic rings. The summed E-state index contributed by atoms with van der Waals surface area (Å²) in [4.78, 5) is 11.4. The number of carbonyl (C=O) groups is 1. The Kier molecular flexibility index (Phi) is 3.67. The lowest BCUT2D eigenvalue weighted by Crippen LogP contribution is -2.22. The Bertz CT molecular complexity index is 409. The first-order valence-corrected chi connectivity index (χ1v) is 6.34. The topological polar surface area (TPSA) is 55.1 Å². The molecule has 0 aliphatic heterocycles. The third-order valence-corrected chi connectivity index (χ3v) is 3.41. The van der Waals surface area contributed by atoms with Crippen LogP contribution in [0.1, 0.15) is 49.4 Å². The average Bonchev–Trinajstić information content (AvgIpc) is 2.32. The van der Waals surface area contributed by atoms with Gasteiger partial charge in [0.25, 0.3) is 0 Å². The molecule has 0 unspecified atom stereocenters. The molecule has 3 heteroatoms. The van der Waals surface area contributed by atoms with Gasteiger partial charge in [0.1, 0.15) is 0 Å². The highest BCUT2D eigenvalue weighted by molar-refractivity contribution is 6.00. The minimum Gasteiger partial charge on any atom is -0.398 e. The summed E-state index contributed by atoms with van der Waals surface area (Å²) in [5, 5.41) is 3.50. The van der Waals surface area contributed by atoms with Crippen molar-refractivity contribution in [1.29, 1.82) is 0 Å². The summed E-state index contributed by atoms with van der Waals surface area (Å²) >= 11 is 0. The van der Waals surface area contributed by atoms with Crippen LogP contribution in [0.4, 0.5) is 11.4 Å². The highest BCUT2D eigenvalue weighted by Gasteiger charge is 2.13. The smallest absolute Gasteiger partial charge is 0.161 e. The summed E-state index contributed by atoms with van der Waals surface area (Å²) in [6, 6.07) is 6.18. The number of anilines is 2. The predicted octanol–water partition coefficient (Wildman–Crippen LogP) is 3.22. The van der Waals surface area contributed by atoms with E-state index in [1.54, 1.807) is 6.92 Å². The molecule has 1 aliphatic carbocycles. The third-order valence-electron chi connectivity index (χ3n) is 3.41. The number of Topliss-reactive ketones (excluding diaryl/α,β-unsaturated/α-hetero) is 1. The molecule has 1 saturated carbocycles. The van der Waals surface area contributed by atoms with Crippen LogP contribution in [0.3, 0.4) is 0 Å². The van der Waals surface area contributed by atoms with E-state index < -0.39 is 0 Å². The van der Waals surface area contributed by atoms with Crippen LogP contribution < -0.4 is 11.1 Å². The molecule has 3 nitrogen and oxygen atoms in total. The molecule has 0 atom stereocenters. The molecule has 17 heavy (non-hydrogen) atoms. The molecule has 3 N–H and O–H groups in total. The van der Waals surface area contributed by atoms with Crippen LogP contribution in [0.5, 0.6) is 0 Å². The number of benzene rings is 1. The molecule has 1 aromatic carbocycles. The normalized spacial score (nSPS) is 16.8. The van der Waals surface area contributed by atoms with Gasteiger partial charge < -0.3 is 11.1 Å². The molecule has 0 radical (unpaired) electrons. The zero-order valence-corrected chi connectivity index (χ0v) is 10.3. The van der Waals surface area contributed by atoms with Crippen molar-refractivity contribution < 1.29 is 4.79 Å². The van der Waals surface area contributed by atoms with Crippen molar-refractivity contribution in [2.45, 2.75) is 45.1 Å². The van der Waals surface area contributed by atoms with Crippen LogP contribution in [-0.4, -0.2) is 11.8 Å². The van der Waals surface area contributed by atoms with Crippen LogP contribution >= 0.6 is 0 Å². The van der Waals surface area contributed by atoms with Gasteiger partial charge in [0.15, 0.2) is 5.78 Å². The third kappa shape index (κ3) is 2.99. The van der Waals surface area contributed by atoms with Gasteiger partial charge in [-0.1, -0.05) is 19.3 Å². The number of hydrogen-bond acceptors (Lipinski definition) is 3. The summed E-state index contributed by atoms with van der Waals surface area (Å²) in [5.74, 6) is 0.0230. The van der Waals surface area contributed by atoms with Crippen LogP contribution in [0.15, 0.2) is 18.2 Å². The van der Waals surface area contributed by atoms with E-state index in [4.69, 9.17) is 5.73 Å². The van der Waals surface area contributed by atoms with Crippen molar-refractivity contribution in [1.82, 2.24) is 0 Å². The largest absolute Gasteiger partial charge is 0.398 e. The van der Waals surface area contributed by atoms with E-state index in [2.05, 4.69) is 5.32 Å². The molecule has 0 heterocycles. The van der Waals surface area contributed by atoms with Gasteiger partial charge in [-0.2, -0.15) is 0 Å². The Morgan fingerprint density at radius 1 is 1.29 bits per heavy atom. The number of hydrogen-bond donors (Lipinski definition) is 2. The van der Waals surface area contributed by atoms with Crippen LogP contribution in [-0.2, 0) is 0 Å². The molecule has 0 bridgehead atoms. The predicted molar refractivity (Wildman–Crippen MR) is 71.4 cm³/mol. The summed E-state index contributed by atoms with van der Waals surface area (Å²) in [6.45, 7) is 1.55. The van der Waals surface area contributed by atoms with Gasteiger partial charge in [0, 0.05) is 23.0 Å². The molecule has 1 aromatic rings.